The van der Waals surface area contributed by atoms with Crippen LogP contribution in [-0.4, -0.2) is 25.6 Å². The van der Waals surface area contributed by atoms with Crippen molar-refractivity contribution in [3.63, 3.8) is 0 Å². The quantitative estimate of drug-likeness (QED) is 0.615. The minimum absolute atomic E-state index is 1.03. The topological polar surface area (TPSA) is 33.2 Å². The van der Waals surface area contributed by atoms with Crippen molar-refractivity contribution in [2.24, 2.45) is 7.05 Å². The summed E-state index contributed by atoms with van der Waals surface area (Å²) in [7, 11) is 6.53. The van der Waals surface area contributed by atoms with Crippen LogP contribution < -0.4 is 14.8 Å². The lowest BCUT2D eigenvalue weighted by atomic mass is 10.2. The molecule has 5 heteroatoms. The van der Waals surface area contributed by atoms with Crippen LogP contribution in [0.4, 0.5) is 5.69 Å². The zero-order valence-corrected chi connectivity index (χ0v) is 16.4. The fourth-order valence-corrected chi connectivity index (χ4v) is 3.92. The second-order valence-electron chi connectivity index (χ2n) is 6.94. The molecule has 0 amide bonds. The molecule has 4 nitrogen and oxygen atoms in total. The molecule has 0 bridgehead atoms. The molecule has 0 saturated heterocycles. The summed E-state index contributed by atoms with van der Waals surface area (Å²) < 4.78 is 2.22. The fraction of sp³-hybridized carbons (Fsp3) is 0.400. The fourth-order valence-electron chi connectivity index (χ4n) is 2.97. The molecule has 2 heterocycles. The van der Waals surface area contributed by atoms with E-state index in [0.717, 1.165) is 17.1 Å². The highest BCUT2D eigenvalue weighted by atomic mass is 32.2. The van der Waals surface area contributed by atoms with Crippen molar-refractivity contribution in [3.05, 3.63) is 52.6 Å². The van der Waals surface area contributed by atoms with E-state index in [0.29, 0.717) is 0 Å². The standard InChI is InChI=1S/C20H26N4S/c1-15-13-16(14-20-22-17-9-5-6-10-18(17)25-20)21-19(24(15)4)11-7-8-12-23(2)3/h5-6,9-10,13-14H,7-8,11-12H2,1-4H3/p+2. The minimum atomic E-state index is 1.03. The summed E-state index contributed by atoms with van der Waals surface area (Å²) in [6, 6.07) is 10.6. The molecule has 2 aromatic rings. The van der Waals surface area contributed by atoms with Crippen molar-refractivity contribution >= 4 is 23.5 Å². The van der Waals surface area contributed by atoms with Crippen molar-refractivity contribution in [1.82, 2.24) is 4.98 Å². The highest BCUT2D eigenvalue weighted by Gasteiger charge is 2.18. The van der Waals surface area contributed by atoms with E-state index in [4.69, 9.17) is 4.98 Å². The number of quaternary nitrogens is 1. The number of para-hydroxylation sites is 1. The Bertz CT molecular complexity index is 756. The zero-order chi connectivity index (χ0) is 17.8. The first-order valence-corrected chi connectivity index (χ1v) is 9.76. The van der Waals surface area contributed by atoms with E-state index in [-0.39, 0.29) is 0 Å². The van der Waals surface area contributed by atoms with Gasteiger partial charge in [-0.1, -0.05) is 23.9 Å². The van der Waals surface area contributed by atoms with Gasteiger partial charge in [0, 0.05) is 17.0 Å². The normalized spacial score (nSPS) is 14.8. The number of benzene rings is 1. The lowest BCUT2D eigenvalue weighted by Crippen LogP contribution is -3.05. The van der Waals surface area contributed by atoms with Crippen LogP contribution in [-0.2, 0) is 13.5 Å². The van der Waals surface area contributed by atoms with Crippen molar-refractivity contribution < 1.29 is 9.47 Å². The second-order valence-corrected chi connectivity index (χ2v) is 8.03. The van der Waals surface area contributed by atoms with Crippen LogP contribution in [0.1, 0.15) is 30.1 Å². The first-order chi connectivity index (χ1) is 12.0. The van der Waals surface area contributed by atoms with Gasteiger partial charge in [0.15, 0.2) is 5.69 Å². The number of anilines is 1. The number of nitrogens with one attached hydrogen (secondary N) is 2. The monoisotopic (exact) mass is 356 g/mol. The molecule has 3 rings (SSSR count). The lowest BCUT2D eigenvalue weighted by molar-refractivity contribution is -0.858. The van der Waals surface area contributed by atoms with E-state index in [1.165, 1.54) is 46.4 Å². The van der Waals surface area contributed by atoms with Crippen LogP contribution in [0.5, 0.6) is 0 Å². The smallest absolute Gasteiger partial charge is 0.299 e. The summed E-state index contributed by atoms with van der Waals surface area (Å²) in [6.45, 7) is 3.37. The molecule has 0 atom stereocenters. The molecule has 1 aliphatic rings. The molecule has 1 aromatic carbocycles. The zero-order valence-electron chi connectivity index (χ0n) is 15.6. The minimum Gasteiger partial charge on any atom is -0.349 e. The molecule has 0 radical (unpaired) electrons. The summed E-state index contributed by atoms with van der Waals surface area (Å²) in [5.74, 6) is 1.17. The van der Waals surface area contributed by atoms with Crippen LogP contribution in [0.2, 0.25) is 0 Å². The Kier molecular flexibility index (Phi) is 5.76. The van der Waals surface area contributed by atoms with E-state index < -0.39 is 0 Å². The average molecular weight is 357 g/mol. The maximum Gasteiger partial charge on any atom is 0.299 e. The van der Waals surface area contributed by atoms with Gasteiger partial charge < -0.3 is 10.2 Å². The van der Waals surface area contributed by atoms with E-state index >= 15 is 0 Å². The molecule has 0 aliphatic carbocycles. The number of unbranched alkanes of at least 4 members (excludes halogenated alkanes) is 1. The van der Waals surface area contributed by atoms with Crippen molar-refractivity contribution in [2.75, 3.05) is 26.0 Å². The summed E-state index contributed by atoms with van der Waals surface area (Å²) in [6.07, 6.45) is 5.61. The van der Waals surface area contributed by atoms with Crippen LogP contribution in [0.15, 0.2) is 40.3 Å². The highest BCUT2D eigenvalue weighted by molar-refractivity contribution is 8.03. The van der Waals surface area contributed by atoms with Gasteiger partial charge in [0.25, 0.3) is 5.82 Å². The highest BCUT2D eigenvalue weighted by Crippen LogP contribution is 2.41. The van der Waals surface area contributed by atoms with Gasteiger partial charge in [-0.3, -0.25) is 0 Å². The van der Waals surface area contributed by atoms with E-state index in [1.54, 1.807) is 11.8 Å². The first-order valence-electron chi connectivity index (χ1n) is 8.94. The van der Waals surface area contributed by atoms with Crippen molar-refractivity contribution in [1.29, 1.82) is 0 Å². The lowest BCUT2D eigenvalue weighted by Gasteiger charge is -2.06. The predicted octanol–water partition coefficient (Wildman–Crippen LogP) is 2.20. The molecule has 0 saturated carbocycles. The van der Waals surface area contributed by atoms with Gasteiger partial charge in [0.2, 0.25) is 0 Å². The van der Waals surface area contributed by atoms with Gasteiger partial charge in [0.1, 0.15) is 5.69 Å². The van der Waals surface area contributed by atoms with Crippen molar-refractivity contribution in [3.8, 4) is 0 Å². The SMILES string of the molecule is Cc1cc(/C=C2\Nc3ccccc3S2)nc(CCCC[NH+](C)C)[n+]1C. The van der Waals surface area contributed by atoms with Crippen molar-refractivity contribution in [2.45, 2.75) is 31.1 Å². The van der Waals surface area contributed by atoms with E-state index in [1.807, 2.05) is 0 Å². The summed E-state index contributed by atoms with van der Waals surface area (Å²) in [4.78, 5) is 7.69. The number of aryl methyl sites for hydroxylation is 2. The molecular weight excluding hydrogens is 328 g/mol. The van der Waals surface area contributed by atoms with Gasteiger partial charge in [0.05, 0.1) is 44.8 Å². The third-order valence-corrected chi connectivity index (χ3v) is 5.52. The van der Waals surface area contributed by atoms with Gasteiger partial charge in [-0.15, -0.1) is 0 Å². The summed E-state index contributed by atoms with van der Waals surface area (Å²) in [5.41, 5.74) is 3.46. The Morgan fingerprint density at radius 2 is 2.04 bits per heavy atom. The molecule has 25 heavy (non-hydrogen) atoms. The molecule has 1 aliphatic heterocycles. The van der Waals surface area contributed by atoms with E-state index in [2.05, 4.69) is 74.4 Å². The molecule has 0 unspecified atom stereocenters. The number of rotatable bonds is 6. The van der Waals surface area contributed by atoms with E-state index in [9.17, 15) is 0 Å². The van der Waals surface area contributed by atoms with Gasteiger partial charge >= 0.3 is 0 Å². The number of nitrogens with zero attached hydrogens (tertiary/aromatic N) is 2. The van der Waals surface area contributed by atoms with Gasteiger partial charge in [-0.05, 0) is 36.9 Å². The Balaban J connectivity index is 1.73. The number of thioether (sulfide) groups is 1. The number of hydrogen-bond donors (Lipinski definition) is 2. The molecule has 2 N–H and O–H groups in total. The van der Waals surface area contributed by atoms with Crippen LogP contribution >= 0.6 is 11.8 Å². The molecule has 0 fully saturated rings. The summed E-state index contributed by atoms with van der Waals surface area (Å²) >= 11 is 1.77. The number of hydrogen-bond acceptors (Lipinski definition) is 3. The second kappa shape index (κ2) is 8.02. The van der Waals surface area contributed by atoms with Gasteiger partial charge in [-0.25, -0.2) is 4.57 Å². The van der Waals surface area contributed by atoms with Crippen LogP contribution in [0, 0.1) is 6.92 Å². The molecule has 132 valence electrons. The molecule has 0 spiro atoms. The predicted molar refractivity (Wildman–Crippen MR) is 105 cm³/mol. The Morgan fingerprint density at radius 3 is 2.80 bits per heavy atom. The number of aromatic nitrogens is 2. The molecule has 1 aromatic heterocycles. The number of fused-ring (bicyclic) bond motifs is 1. The third kappa shape index (κ3) is 4.61. The Morgan fingerprint density at radius 1 is 1.24 bits per heavy atom. The first kappa shape index (κ1) is 18.0. The summed E-state index contributed by atoms with van der Waals surface area (Å²) in [5, 5.41) is 4.62. The van der Waals surface area contributed by atoms with Gasteiger partial charge in [-0.2, -0.15) is 0 Å². The maximum atomic E-state index is 4.90. The Hall–Kier alpha value is -1.85. The molecular formula is C20H28N4S+2. The third-order valence-electron chi connectivity index (χ3n) is 4.50. The average Bonchev–Trinajstić information content (AvgIpc) is 2.97. The maximum absolute atomic E-state index is 4.90. The van der Waals surface area contributed by atoms with Crippen LogP contribution in [0.25, 0.3) is 6.08 Å². The van der Waals surface area contributed by atoms with Crippen LogP contribution in [0.3, 0.4) is 0 Å². The largest absolute Gasteiger partial charge is 0.349 e. The Labute approximate surface area is 155 Å².